The molecule has 0 amide bonds. The number of carbonyl (C=O) groups is 1. The van der Waals surface area contributed by atoms with Crippen LogP contribution in [0.2, 0.25) is 0 Å². The summed E-state index contributed by atoms with van der Waals surface area (Å²) in [5, 5.41) is 13.4. The Morgan fingerprint density at radius 3 is 1.73 bits per heavy atom. The smallest absolute Gasteiger partial charge is 0.451 e. The monoisotopic (exact) mass is 382 g/mol. The maximum atomic E-state index is 12.0. The highest BCUT2D eigenvalue weighted by Gasteiger charge is 2.63. The van der Waals surface area contributed by atoms with Gasteiger partial charge in [-0.1, -0.05) is 0 Å². The molecule has 0 bridgehead atoms. The molecule has 3 heterocycles. The van der Waals surface area contributed by atoms with E-state index in [-0.39, 0.29) is 12.3 Å². The maximum absolute atomic E-state index is 12.0. The lowest BCUT2D eigenvalue weighted by molar-refractivity contribution is -0.135. The predicted molar refractivity (Wildman–Crippen MR) is 100 cm³/mol. The Bertz CT molecular complexity index is 520. The van der Waals surface area contributed by atoms with E-state index < -0.39 is 13.9 Å². The summed E-state index contributed by atoms with van der Waals surface area (Å²) in [7, 11) is -2.31. The van der Waals surface area contributed by atoms with Gasteiger partial charge in [0.05, 0.1) is 6.61 Å². The molecule has 3 fully saturated rings. The third-order valence-electron chi connectivity index (χ3n) is 5.17. The van der Waals surface area contributed by atoms with Crippen molar-refractivity contribution in [3.63, 3.8) is 0 Å². The average Bonchev–Trinajstić information content (AvgIpc) is 3.43. The number of rotatable bonds is 7. The number of ether oxygens (including phenoxy) is 1. The average molecular weight is 382 g/mol. The van der Waals surface area contributed by atoms with E-state index >= 15 is 0 Å². The highest BCUT2D eigenvalue weighted by Crippen LogP contribution is 2.71. The zero-order valence-electron chi connectivity index (χ0n) is 15.6. The first-order chi connectivity index (χ1) is 12.7. The van der Waals surface area contributed by atoms with Crippen LogP contribution in [-0.2, 0) is 14.2 Å². The molecule has 0 radical (unpaired) electrons. The zero-order chi connectivity index (χ0) is 18.4. The van der Waals surface area contributed by atoms with E-state index in [4.69, 9.17) is 9.36 Å². The Balaban J connectivity index is 1.92. The number of nitriles is 1. The normalized spacial score (nSPS) is 23.3. The van der Waals surface area contributed by atoms with Crippen LogP contribution in [0.1, 0.15) is 45.4 Å². The first-order valence-corrected chi connectivity index (χ1v) is 11.3. The van der Waals surface area contributed by atoms with Crippen molar-refractivity contribution in [3.8, 4) is 6.07 Å². The third kappa shape index (κ3) is 3.86. The predicted octanol–water partition coefficient (Wildman–Crippen LogP) is 2.41. The zero-order valence-corrected chi connectivity index (χ0v) is 16.5. The molecule has 9 heteroatoms. The van der Waals surface area contributed by atoms with E-state index in [0.717, 1.165) is 77.8 Å². The van der Waals surface area contributed by atoms with Gasteiger partial charge in [-0.3, -0.25) is 0 Å². The highest BCUT2D eigenvalue weighted by molar-refractivity contribution is 7.64. The molecule has 0 aliphatic carbocycles. The maximum Gasteiger partial charge on any atom is 0.451 e. The third-order valence-corrected chi connectivity index (χ3v) is 8.88. The quantitative estimate of drug-likeness (QED) is 0.289. The van der Waals surface area contributed by atoms with Gasteiger partial charge in [0.15, 0.2) is 0 Å². The Labute approximate surface area is 156 Å². The van der Waals surface area contributed by atoms with Gasteiger partial charge in [-0.25, -0.2) is 4.79 Å². The summed E-state index contributed by atoms with van der Waals surface area (Å²) in [6.07, 6.45) is 6.91. The minimum atomic E-state index is -2.31. The number of hydrogen-bond acceptors (Lipinski definition) is 8. The van der Waals surface area contributed by atoms with Crippen molar-refractivity contribution in [2.24, 2.45) is 5.16 Å². The summed E-state index contributed by atoms with van der Waals surface area (Å²) in [6.45, 7) is 7.83. The van der Waals surface area contributed by atoms with Crippen LogP contribution in [0.15, 0.2) is 5.16 Å². The lowest BCUT2D eigenvalue weighted by atomic mass is 10.4. The van der Waals surface area contributed by atoms with Crippen molar-refractivity contribution in [1.82, 2.24) is 14.0 Å². The molecule has 0 saturated carbocycles. The molecule has 0 unspecified atom stereocenters. The molecule has 3 aliphatic rings. The number of oxime groups is 1. The van der Waals surface area contributed by atoms with Crippen LogP contribution in [0.3, 0.4) is 0 Å². The number of nitrogens with zero attached hydrogens (tertiary/aromatic N) is 5. The fourth-order valence-electron chi connectivity index (χ4n) is 3.97. The van der Waals surface area contributed by atoms with Crippen LogP contribution < -0.4 is 0 Å². The molecule has 0 aromatic heterocycles. The molecule has 3 aliphatic heterocycles. The number of carbonyl (C=O) groups excluding carboxylic acids is 1. The van der Waals surface area contributed by atoms with E-state index in [1.54, 1.807) is 6.92 Å². The van der Waals surface area contributed by atoms with E-state index in [1.165, 1.54) is 0 Å². The fourth-order valence-corrected chi connectivity index (χ4v) is 7.96. The molecule has 0 spiro atoms. The van der Waals surface area contributed by atoms with Crippen molar-refractivity contribution < 1.29 is 14.2 Å². The van der Waals surface area contributed by atoms with Crippen LogP contribution in [0, 0.1) is 11.3 Å². The van der Waals surface area contributed by atoms with Crippen LogP contribution in [0.25, 0.3) is 0 Å². The summed E-state index contributed by atoms with van der Waals surface area (Å²) in [5.74, 6) is -0.711. The second-order valence-electron chi connectivity index (χ2n) is 6.85. The van der Waals surface area contributed by atoms with Gasteiger partial charge in [-0.2, -0.15) is 9.89 Å². The Hall–Kier alpha value is -1.26. The topological polar surface area (TPSA) is 81.4 Å². The lowest BCUT2D eigenvalue weighted by Crippen LogP contribution is -2.43. The second kappa shape index (κ2) is 9.09. The van der Waals surface area contributed by atoms with Gasteiger partial charge in [0.25, 0.3) is 5.71 Å². The molecule has 144 valence electrons. The number of esters is 1. The van der Waals surface area contributed by atoms with Crippen molar-refractivity contribution in [2.75, 3.05) is 45.9 Å². The highest BCUT2D eigenvalue weighted by atomic mass is 31.2. The summed E-state index contributed by atoms with van der Waals surface area (Å²) >= 11 is 0. The Morgan fingerprint density at radius 2 is 1.38 bits per heavy atom. The minimum absolute atomic E-state index is 0.212. The van der Waals surface area contributed by atoms with Crippen LogP contribution >= 0.6 is 7.94 Å². The summed E-state index contributed by atoms with van der Waals surface area (Å²) < 4.78 is 18.5. The van der Waals surface area contributed by atoms with Gasteiger partial charge in [0.2, 0.25) is 0 Å². The summed E-state index contributed by atoms with van der Waals surface area (Å²) in [6, 6.07) is 1.84. The molecule has 3 saturated heterocycles. The van der Waals surface area contributed by atoms with Gasteiger partial charge in [-0.15, -0.1) is 14.0 Å². The van der Waals surface area contributed by atoms with Crippen LogP contribution in [-0.4, -0.2) is 71.6 Å². The second-order valence-corrected chi connectivity index (χ2v) is 9.74. The Morgan fingerprint density at radius 1 is 0.962 bits per heavy atom. The molecule has 0 aromatic carbocycles. The van der Waals surface area contributed by atoms with Crippen molar-refractivity contribution >= 4 is 19.6 Å². The molecular formula is C17H29N5O3P+. The summed E-state index contributed by atoms with van der Waals surface area (Å²) in [5.41, 5.74) is -0.297. The molecule has 0 N–H and O–H groups in total. The van der Waals surface area contributed by atoms with Gasteiger partial charge in [0, 0.05) is 39.3 Å². The molecule has 0 aromatic rings. The summed E-state index contributed by atoms with van der Waals surface area (Å²) in [4.78, 5) is 12.0. The molecule has 8 nitrogen and oxygen atoms in total. The standard InChI is InChI=1S/C17H29N5O3P/c1-2-24-17(23)16(15-18)19-25-26(20-9-3-4-10-20,21-11-5-6-12-21)22-13-7-8-14-22/h2-14H2,1H3/q+1/b19-16+. The molecule has 26 heavy (non-hydrogen) atoms. The van der Waals surface area contributed by atoms with Crippen molar-refractivity contribution in [2.45, 2.75) is 45.4 Å². The van der Waals surface area contributed by atoms with Gasteiger partial charge in [0.1, 0.15) is 6.07 Å². The van der Waals surface area contributed by atoms with Crippen molar-refractivity contribution in [3.05, 3.63) is 0 Å². The van der Waals surface area contributed by atoms with E-state index in [2.05, 4.69) is 19.2 Å². The minimum Gasteiger partial charge on any atom is -0.461 e. The van der Waals surface area contributed by atoms with E-state index in [1.807, 2.05) is 6.07 Å². The van der Waals surface area contributed by atoms with Crippen LogP contribution in [0.5, 0.6) is 0 Å². The Kier molecular flexibility index (Phi) is 6.82. The first kappa shape index (κ1) is 19.5. The van der Waals surface area contributed by atoms with E-state index in [9.17, 15) is 10.1 Å². The molecule has 3 rings (SSSR count). The SMILES string of the molecule is CCOC(=O)/C(C#N)=N/O[P+](N1CCCC1)(N1CCCC1)N1CCCC1. The number of hydrogen-bond donors (Lipinski definition) is 0. The van der Waals surface area contributed by atoms with Gasteiger partial charge in [-0.05, 0) is 50.6 Å². The van der Waals surface area contributed by atoms with E-state index in [0.29, 0.717) is 0 Å². The largest absolute Gasteiger partial charge is 0.461 e. The lowest BCUT2D eigenvalue weighted by Gasteiger charge is -2.38. The van der Waals surface area contributed by atoms with Gasteiger partial charge < -0.3 is 4.74 Å². The van der Waals surface area contributed by atoms with Gasteiger partial charge >= 0.3 is 13.9 Å². The fraction of sp³-hybridized carbons (Fsp3) is 0.824. The first-order valence-electron chi connectivity index (χ1n) is 9.71. The van der Waals surface area contributed by atoms with Crippen molar-refractivity contribution in [1.29, 1.82) is 5.26 Å². The molecule has 0 atom stereocenters. The molecular weight excluding hydrogens is 353 g/mol. The van der Waals surface area contributed by atoms with Crippen LogP contribution in [0.4, 0.5) is 0 Å².